The van der Waals surface area contributed by atoms with Gasteiger partial charge in [-0.25, -0.2) is 14.4 Å². The molecule has 0 unspecified atom stereocenters. The monoisotopic (exact) mass is 434 g/mol. The van der Waals surface area contributed by atoms with Crippen LogP contribution in [0.2, 0.25) is 5.02 Å². The van der Waals surface area contributed by atoms with Crippen LogP contribution in [0.4, 0.5) is 14.7 Å². The van der Waals surface area contributed by atoms with Crippen LogP contribution in [0.25, 0.3) is 20.4 Å². The molecule has 0 radical (unpaired) electrons. The number of piperazine rings is 1. The van der Waals surface area contributed by atoms with E-state index >= 15 is 0 Å². The highest BCUT2D eigenvalue weighted by Gasteiger charge is 2.23. The molecular formula is C19H16ClFN4OS2. The number of hydrogen-bond acceptors (Lipinski definition) is 7. The predicted octanol–water partition coefficient (Wildman–Crippen LogP) is 5.03. The fourth-order valence-corrected chi connectivity index (χ4v) is 5.71. The average Bonchev–Trinajstić information content (AvgIpc) is 3.35. The minimum absolute atomic E-state index is 0.265. The van der Waals surface area contributed by atoms with Crippen LogP contribution in [0.5, 0.6) is 5.75 Å². The number of halogens is 2. The number of ether oxygens (including phenoxy) is 1. The van der Waals surface area contributed by atoms with Crippen LogP contribution in [0, 0.1) is 5.82 Å². The highest BCUT2D eigenvalue weighted by molar-refractivity contribution is 7.23. The summed E-state index contributed by atoms with van der Waals surface area (Å²) in [4.78, 5) is 13.7. The second kappa shape index (κ2) is 7.02. The molecule has 144 valence electrons. The van der Waals surface area contributed by atoms with Crippen molar-refractivity contribution in [3.8, 4) is 5.75 Å². The number of thiazole rings is 2. The summed E-state index contributed by atoms with van der Waals surface area (Å²) in [6, 6.07) is 8.78. The summed E-state index contributed by atoms with van der Waals surface area (Å²) >= 11 is 9.46. The SMILES string of the molecule is COc1ccc(Cl)c2sc(N3CCN(c4nc5c(F)cccc5s4)CC3)nc12. The molecule has 5 rings (SSSR count). The Kier molecular flexibility index (Phi) is 4.49. The lowest BCUT2D eigenvalue weighted by molar-refractivity contribution is 0.419. The molecule has 0 bridgehead atoms. The molecule has 1 fully saturated rings. The van der Waals surface area contributed by atoms with Crippen molar-refractivity contribution in [1.82, 2.24) is 9.97 Å². The maximum Gasteiger partial charge on any atom is 0.186 e. The Morgan fingerprint density at radius 3 is 2.32 bits per heavy atom. The minimum Gasteiger partial charge on any atom is -0.494 e. The Bertz CT molecular complexity index is 1170. The first-order valence-corrected chi connectivity index (χ1v) is 10.8. The standard InChI is InChI=1S/C19H16ClFN4OS2/c1-26-13-6-5-11(20)17-16(13)23-19(28-17)25-9-7-24(8-10-25)18-22-15-12(21)3-2-4-14(15)27-18/h2-6H,7-10H2,1H3. The van der Waals surface area contributed by atoms with Gasteiger partial charge in [0, 0.05) is 26.2 Å². The maximum absolute atomic E-state index is 13.9. The van der Waals surface area contributed by atoms with Gasteiger partial charge in [-0.2, -0.15) is 0 Å². The number of aromatic nitrogens is 2. The normalized spacial score (nSPS) is 15.0. The van der Waals surface area contributed by atoms with Gasteiger partial charge >= 0.3 is 0 Å². The van der Waals surface area contributed by atoms with Crippen molar-refractivity contribution in [3.63, 3.8) is 0 Å². The van der Waals surface area contributed by atoms with Gasteiger partial charge in [0.1, 0.15) is 22.6 Å². The fourth-order valence-electron chi connectivity index (χ4n) is 3.37. The van der Waals surface area contributed by atoms with Crippen LogP contribution in [0.15, 0.2) is 30.3 Å². The van der Waals surface area contributed by atoms with Gasteiger partial charge in [-0.1, -0.05) is 40.3 Å². The average molecular weight is 435 g/mol. The number of nitrogens with zero attached hydrogens (tertiary/aromatic N) is 4. The van der Waals surface area contributed by atoms with Gasteiger partial charge in [0.25, 0.3) is 0 Å². The molecule has 1 aliphatic heterocycles. The Morgan fingerprint density at radius 1 is 0.964 bits per heavy atom. The fraction of sp³-hybridized carbons (Fsp3) is 0.263. The van der Waals surface area contributed by atoms with E-state index in [2.05, 4.69) is 14.8 Å². The largest absolute Gasteiger partial charge is 0.494 e. The molecule has 0 saturated carbocycles. The lowest BCUT2D eigenvalue weighted by Gasteiger charge is -2.34. The summed E-state index contributed by atoms with van der Waals surface area (Å²) in [5, 5.41) is 2.50. The molecule has 0 N–H and O–H groups in total. The van der Waals surface area contributed by atoms with Crippen molar-refractivity contribution >= 4 is 65.0 Å². The van der Waals surface area contributed by atoms with Gasteiger partial charge in [0.15, 0.2) is 10.3 Å². The van der Waals surface area contributed by atoms with Gasteiger partial charge in [-0.3, -0.25) is 0 Å². The summed E-state index contributed by atoms with van der Waals surface area (Å²) in [7, 11) is 1.64. The van der Waals surface area contributed by atoms with Gasteiger partial charge in [0.2, 0.25) is 0 Å². The van der Waals surface area contributed by atoms with Crippen molar-refractivity contribution in [3.05, 3.63) is 41.2 Å². The van der Waals surface area contributed by atoms with E-state index in [1.54, 1.807) is 24.5 Å². The molecule has 3 heterocycles. The molecule has 0 amide bonds. The van der Waals surface area contributed by atoms with Gasteiger partial charge in [0.05, 0.1) is 21.5 Å². The molecule has 1 saturated heterocycles. The molecule has 0 spiro atoms. The van der Waals surface area contributed by atoms with Crippen molar-refractivity contribution in [2.75, 3.05) is 43.1 Å². The number of fused-ring (bicyclic) bond motifs is 2. The predicted molar refractivity (Wildman–Crippen MR) is 115 cm³/mol. The quantitative estimate of drug-likeness (QED) is 0.452. The lowest BCUT2D eigenvalue weighted by atomic mass is 10.3. The van der Waals surface area contributed by atoms with Crippen LogP contribution in [-0.4, -0.2) is 43.3 Å². The third-order valence-electron chi connectivity index (χ3n) is 4.85. The number of hydrogen-bond donors (Lipinski definition) is 0. The van der Waals surface area contributed by atoms with Crippen LogP contribution < -0.4 is 14.5 Å². The van der Waals surface area contributed by atoms with E-state index in [0.29, 0.717) is 10.5 Å². The summed E-state index contributed by atoms with van der Waals surface area (Å²) < 4.78 is 21.2. The highest BCUT2D eigenvalue weighted by Crippen LogP contribution is 2.39. The van der Waals surface area contributed by atoms with E-state index in [1.165, 1.54) is 17.4 Å². The summed E-state index contributed by atoms with van der Waals surface area (Å²) in [5.41, 5.74) is 1.26. The van der Waals surface area contributed by atoms with E-state index < -0.39 is 0 Å². The van der Waals surface area contributed by atoms with Gasteiger partial charge in [-0.15, -0.1) is 0 Å². The Hall–Kier alpha value is -2.16. The third kappa shape index (κ3) is 2.96. The Balaban J connectivity index is 1.37. The molecule has 4 aromatic rings. The van der Waals surface area contributed by atoms with E-state index in [9.17, 15) is 4.39 Å². The van der Waals surface area contributed by atoms with Gasteiger partial charge in [-0.05, 0) is 24.3 Å². The second-order valence-electron chi connectivity index (χ2n) is 6.48. The number of methoxy groups -OCH3 is 1. The van der Waals surface area contributed by atoms with Crippen molar-refractivity contribution in [2.24, 2.45) is 0 Å². The second-order valence-corrected chi connectivity index (χ2v) is 8.87. The molecule has 9 heteroatoms. The number of rotatable bonds is 3. The third-order valence-corrected chi connectivity index (χ3v) is 7.50. The summed E-state index contributed by atoms with van der Waals surface area (Å²) in [6.07, 6.45) is 0. The first-order valence-electron chi connectivity index (χ1n) is 8.82. The number of para-hydroxylation sites is 1. The number of anilines is 2. The van der Waals surface area contributed by atoms with Crippen molar-refractivity contribution in [1.29, 1.82) is 0 Å². The smallest absolute Gasteiger partial charge is 0.186 e. The molecular weight excluding hydrogens is 419 g/mol. The van der Waals surface area contributed by atoms with E-state index in [-0.39, 0.29) is 5.82 Å². The van der Waals surface area contributed by atoms with E-state index in [4.69, 9.17) is 21.3 Å². The van der Waals surface area contributed by atoms with Crippen molar-refractivity contribution in [2.45, 2.75) is 0 Å². The first-order chi connectivity index (χ1) is 13.6. The minimum atomic E-state index is -0.265. The van der Waals surface area contributed by atoms with E-state index in [1.807, 2.05) is 18.2 Å². The van der Waals surface area contributed by atoms with E-state index in [0.717, 1.165) is 57.1 Å². The Labute approximate surface area is 173 Å². The summed E-state index contributed by atoms with van der Waals surface area (Å²) in [5.74, 6) is 0.468. The molecule has 0 atom stereocenters. The molecule has 5 nitrogen and oxygen atoms in total. The zero-order chi connectivity index (χ0) is 19.3. The topological polar surface area (TPSA) is 41.5 Å². The molecule has 2 aromatic carbocycles. The lowest BCUT2D eigenvalue weighted by Crippen LogP contribution is -2.46. The molecule has 2 aromatic heterocycles. The first kappa shape index (κ1) is 17.9. The Morgan fingerprint density at radius 2 is 1.64 bits per heavy atom. The maximum atomic E-state index is 13.9. The molecule has 0 aliphatic carbocycles. The van der Waals surface area contributed by atoms with Gasteiger partial charge < -0.3 is 14.5 Å². The van der Waals surface area contributed by atoms with Crippen LogP contribution in [-0.2, 0) is 0 Å². The zero-order valence-electron chi connectivity index (χ0n) is 15.0. The molecule has 1 aliphatic rings. The molecule has 28 heavy (non-hydrogen) atoms. The summed E-state index contributed by atoms with van der Waals surface area (Å²) in [6.45, 7) is 3.25. The van der Waals surface area contributed by atoms with Crippen LogP contribution in [0.3, 0.4) is 0 Å². The van der Waals surface area contributed by atoms with Crippen LogP contribution in [0.1, 0.15) is 0 Å². The number of benzene rings is 2. The zero-order valence-corrected chi connectivity index (χ0v) is 17.4. The highest BCUT2D eigenvalue weighted by atomic mass is 35.5. The van der Waals surface area contributed by atoms with Crippen LogP contribution >= 0.6 is 34.3 Å². The van der Waals surface area contributed by atoms with Crippen molar-refractivity contribution < 1.29 is 9.13 Å².